The SMILES string of the molecule is CCN(CC)c1ccc(/C=N/NC(=O)CNc2cccc(C(F)(F)F)c2)cc1. The fourth-order valence-electron chi connectivity index (χ4n) is 2.57. The average molecular weight is 392 g/mol. The van der Waals surface area contributed by atoms with Crippen molar-refractivity contribution in [1.82, 2.24) is 5.43 Å². The van der Waals surface area contributed by atoms with Crippen LogP contribution in [-0.2, 0) is 11.0 Å². The molecule has 2 aromatic carbocycles. The van der Waals surface area contributed by atoms with Crippen LogP contribution in [0, 0.1) is 0 Å². The molecule has 0 spiro atoms. The number of rotatable bonds is 8. The highest BCUT2D eigenvalue weighted by molar-refractivity contribution is 5.84. The Bertz CT molecular complexity index is 800. The molecule has 0 aliphatic carbocycles. The number of benzene rings is 2. The van der Waals surface area contributed by atoms with Crippen LogP contribution in [0.5, 0.6) is 0 Å². The minimum atomic E-state index is -4.43. The number of carbonyl (C=O) groups excluding carboxylic acids is 1. The number of anilines is 2. The van der Waals surface area contributed by atoms with Gasteiger partial charge in [0.25, 0.3) is 5.91 Å². The zero-order chi connectivity index (χ0) is 20.6. The van der Waals surface area contributed by atoms with Crippen molar-refractivity contribution in [2.75, 3.05) is 29.9 Å². The molecule has 2 N–H and O–H groups in total. The molecule has 0 aliphatic rings. The Balaban J connectivity index is 1.84. The Labute approximate surface area is 162 Å². The number of hydrogen-bond donors (Lipinski definition) is 2. The molecular formula is C20H23F3N4O. The lowest BCUT2D eigenvalue weighted by Crippen LogP contribution is -2.26. The summed E-state index contributed by atoms with van der Waals surface area (Å²) in [7, 11) is 0. The molecule has 8 heteroatoms. The van der Waals surface area contributed by atoms with E-state index in [1.54, 1.807) is 0 Å². The highest BCUT2D eigenvalue weighted by atomic mass is 19.4. The van der Waals surface area contributed by atoms with Gasteiger partial charge in [0.15, 0.2) is 0 Å². The Kier molecular flexibility index (Phi) is 7.43. The Hall–Kier alpha value is -3.03. The van der Waals surface area contributed by atoms with Crippen LogP contribution in [-0.4, -0.2) is 31.8 Å². The molecule has 28 heavy (non-hydrogen) atoms. The number of nitrogens with one attached hydrogen (secondary N) is 2. The van der Waals surface area contributed by atoms with Gasteiger partial charge < -0.3 is 10.2 Å². The van der Waals surface area contributed by atoms with Gasteiger partial charge in [-0.25, -0.2) is 5.43 Å². The van der Waals surface area contributed by atoms with Crippen LogP contribution in [0.4, 0.5) is 24.5 Å². The molecule has 0 radical (unpaired) electrons. The predicted octanol–water partition coefficient (Wildman–Crippen LogP) is 4.11. The lowest BCUT2D eigenvalue weighted by molar-refractivity contribution is -0.137. The van der Waals surface area contributed by atoms with Crippen molar-refractivity contribution in [3.05, 3.63) is 59.7 Å². The molecular weight excluding hydrogens is 369 g/mol. The van der Waals surface area contributed by atoms with E-state index in [-0.39, 0.29) is 12.2 Å². The van der Waals surface area contributed by atoms with Gasteiger partial charge in [-0.3, -0.25) is 4.79 Å². The van der Waals surface area contributed by atoms with Gasteiger partial charge in [-0.05, 0) is 49.7 Å². The fraction of sp³-hybridized carbons (Fsp3) is 0.300. The molecule has 0 unspecified atom stereocenters. The van der Waals surface area contributed by atoms with Crippen LogP contribution >= 0.6 is 0 Å². The first kappa shape index (κ1) is 21.3. The van der Waals surface area contributed by atoms with Gasteiger partial charge in [0.05, 0.1) is 18.3 Å². The normalized spacial score (nSPS) is 11.5. The van der Waals surface area contributed by atoms with Crippen molar-refractivity contribution in [2.45, 2.75) is 20.0 Å². The van der Waals surface area contributed by atoms with Crippen molar-refractivity contribution in [3.63, 3.8) is 0 Å². The van der Waals surface area contributed by atoms with E-state index >= 15 is 0 Å². The number of nitrogens with zero attached hydrogens (tertiary/aromatic N) is 2. The molecule has 0 bridgehead atoms. The molecule has 0 saturated carbocycles. The molecule has 0 aromatic heterocycles. The lowest BCUT2D eigenvalue weighted by atomic mass is 10.2. The first-order chi connectivity index (χ1) is 13.3. The maximum Gasteiger partial charge on any atom is 0.416 e. The second-order valence-electron chi connectivity index (χ2n) is 5.99. The molecule has 2 rings (SSSR count). The van der Waals surface area contributed by atoms with Crippen molar-refractivity contribution >= 4 is 23.5 Å². The Morgan fingerprint density at radius 3 is 2.39 bits per heavy atom. The second-order valence-corrected chi connectivity index (χ2v) is 5.99. The molecule has 1 amide bonds. The number of hydrazone groups is 1. The van der Waals surface area contributed by atoms with Gasteiger partial charge >= 0.3 is 6.18 Å². The standard InChI is InChI=1S/C20H23F3N4O/c1-3-27(4-2)18-10-8-15(9-11-18)13-25-26-19(28)14-24-17-7-5-6-16(12-17)20(21,22)23/h5-13,24H,3-4,14H2,1-2H3,(H,26,28)/b25-13+. The van der Waals surface area contributed by atoms with E-state index in [1.807, 2.05) is 24.3 Å². The maximum atomic E-state index is 12.7. The summed E-state index contributed by atoms with van der Waals surface area (Å²) in [6, 6.07) is 12.4. The van der Waals surface area contributed by atoms with E-state index in [0.717, 1.165) is 36.5 Å². The number of hydrogen-bond acceptors (Lipinski definition) is 4. The van der Waals surface area contributed by atoms with Gasteiger partial charge in [-0.15, -0.1) is 0 Å². The zero-order valence-corrected chi connectivity index (χ0v) is 15.8. The first-order valence-corrected chi connectivity index (χ1v) is 8.91. The minimum Gasteiger partial charge on any atom is -0.376 e. The van der Waals surface area contributed by atoms with Crippen LogP contribution in [0.2, 0.25) is 0 Å². The van der Waals surface area contributed by atoms with Gasteiger partial charge in [-0.2, -0.15) is 18.3 Å². The second kappa shape index (κ2) is 9.77. The summed E-state index contributed by atoms with van der Waals surface area (Å²) in [4.78, 5) is 14.0. The summed E-state index contributed by atoms with van der Waals surface area (Å²) >= 11 is 0. The van der Waals surface area contributed by atoms with E-state index in [4.69, 9.17) is 0 Å². The number of carbonyl (C=O) groups is 1. The highest BCUT2D eigenvalue weighted by Gasteiger charge is 2.30. The van der Waals surface area contributed by atoms with Crippen molar-refractivity contribution in [1.29, 1.82) is 0 Å². The van der Waals surface area contributed by atoms with Crippen molar-refractivity contribution in [2.24, 2.45) is 5.10 Å². The summed E-state index contributed by atoms with van der Waals surface area (Å²) in [5.41, 5.74) is 3.71. The third kappa shape index (κ3) is 6.29. The Morgan fingerprint density at radius 2 is 1.79 bits per heavy atom. The van der Waals surface area contributed by atoms with Crippen LogP contribution in [0.1, 0.15) is 25.0 Å². The summed E-state index contributed by atoms with van der Waals surface area (Å²) in [5, 5.41) is 6.51. The molecule has 0 fully saturated rings. The summed E-state index contributed by atoms with van der Waals surface area (Å²) < 4.78 is 38.0. The molecule has 5 nitrogen and oxygen atoms in total. The molecule has 150 valence electrons. The largest absolute Gasteiger partial charge is 0.416 e. The molecule has 0 saturated heterocycles. The summed E-state index contributed by atoms with van der Waals surface area (Å²) in [5.74, 6) is -0.464. The third-order valence-electron chi connectivity index (χ3n) is 4.07. The lowest BCUT2D eigenvalue weighted by Gasteiger charge is -2.20. The predicted molar refractivity (Wildman–Crippen MR) is 106 cm³/mol. The Morgan fingerprint density at radius 1 is 1.11 bits per heavy atom. The summed E-state index contributed by atoms with van der Waals surface area (Å²) in [6.45, 7) is 5.81. The number of alkyl halides is 3. The highest BCUT2D eigenvalue weighted by Crippen LogP contribution is 2.30. The minimum absolute atomic E-state index is 0.195. The van der Waals surface area contributed by atoms with Crippen LogP contribution in [0.3, 0.4) is 0 Å². The van der Waals surface area contributed by atoms with Crippen molar-refractivity contribution < 1.29 is 18.0 Å². The van der Waals surface area contributed by atoms with Gasteiger partial charge in [-0.1, -0.05) is 18.2 Å². The molecule has 0 aliphatic heterocycles. The van der Waals surface area contributed by atoms with E-state index in [2.05, 4.69) is 34.6 Å². The van der Waals surface area contributed by atoms with Crippen LogP contribution in [0.15, 0.2) is 53.6 Å². The summed E-state index contributed by atoms with van der Waals surface area (Å²) in [6.07, 6.45) is -2.92. The third-order valence-corrected chi connectivity index (χ3v) is 4.07. The van der Waals surface area contributed by atoms with E-state index < -0.39 is 17.6 Å². The van der Waals surface area contributed by atoms with Crippen LogP contribution < -0.4 is 15.6 Å². The molecule has 0 atom stereocenters. The van der Waals surface area contributed by atoms with E-state index in [0.29, 0.717) is 0 Å². The fourth-order valence-corrected chi connectivity index (χ4v) is 2.57. The first-order valence-electron chi connectivity index (χ1n) is 8.91. The van der Waals surface area contributed by atoms with E-state index in [1.165, 1.54) is 18.3 Å². The smallest absolute Gasteiger partial charge is 0.376 e. The topological polar surface area (TPSA) is 56.7 Å². The van der Waals surface area contributed by atoms with Crippen molar-refractivity contribution in [3.8, 4) is 0 Å². The monoisotopic (exact) mass is 392 g/mol. The van der Waals surface area contributed by atoms with Gasteiger partial charge in [0, 0.05) is 24.5 Å². The van der Waals surface area contributed by atoms with Gasteiger partial charge in [0.2, 0.25) is 0 Å². The van der Waals surface area contributed by atoms with E-state index in [9.17, 15) is 18.0 Å². The zero-order valence-electron chi connectivity index (χ0n) is 15.8. The average Bonchev–Trinajstić information content (AvgIpc) is 2.68. The quantitative estimate of drug-likeness (QED) is 0.525. The molecule has 2 aromatic rings. The molecule has 0 heterocycles. The number of amides is 1. The maximum absolute atomic E-state index is 12.7. The van der Waals surface area contributed by atoms with Gasteiger partial charge in [0.1, 0.15) is 0 Å². The van der Waals surface area contributed by atoms with Crippen LogP contribution in [0.25, 0.3) is 0 Å². The number of halogens is 3.